The molecule has 1 aromatic carbocycles. The summed E-state index contributed by atoms with van der Waals surface area (Å²) in [6.07, 6.45) is 5.91. The first-order valence-electron chi connectivity index (χ1n) is 9.74. The molecule has 5 rings (SSSR count). The van der Waals surface area contributed by atoms with Crippen LogP contribution in [0.2, 0.25) is 5.02 Å². The molecule has 0 aliphatic carbocycles. The fraction of sp³-hybridized carbons (Fsp3) is 0.318. The fourth-order valence-electron chi connectivity index (χ4n) is 4.04. The Labute approximate surface area is 173 Å². The van der Waals surface area contributed by atoms with Crippen LogP contribution in [0.5, 0.6) is 0 Å². The Hall–Kier alpha value is -2.57. The van der Waals surface area contributed by atoms with Gasteiger partial charge in [0.2, 0.25) is 0 Å². The van der Waals surface area contributed by atoms with E-state index in [2.05, 4.69) is 17.2 Å². The van der Waals surface area contributed by atoms with E-state index in [0.717, 1.165) is 37.4 Å². The smallest absolute Gasteiger partial charge is 0.153 e. The number of halogens is 2. The molecule has 2 aromatic rings. The molecule has 3 aliphatic rings. The van der Waals surface area contributed by atoms with Gasteiger partial charge in [-0.3, -0.25) is 9.98 Å². The molecule has 0 bridgehead atoms. The molecule has 148 valence electrons. The standard InChI is InChI=1S/C22H20ClFN4O/c1-22(14-6-8-25-9-7-14)26-12-19-17(28-22)11-18(27-19)21-5-4-20(29-21)13-2-3-16(24)15(23)10-13/h2-5,10-12,14,25H,6-9H2,1H3. The zero-order chi connectivity index (χ0) is 20.0. The van der Waals surface area contributed by atoms with E-state index in [0.29, 0.717) is 28.7 Å². The number of nitrogens with zero attached hydrogens (tertiary/aromatic N) is 3. The van der Waals surface area contributed by atoms with Gasteiger partial charge in [0.15, 0.2) is 11.4 Å². The summed E-state index contributed by atoms with van der Waals surface area (Å²) in [5.41, 5.74) is 2.58. The van der Waals surface area contributed by atoms with E-state index in [-0.39, 0.29) is 5.02 Å². The first kappa shape index (κ1) is 18.5. The molecule has 0 spiro atoms. The number of aliphatic imine (C=N–C) groups is 3. The van der Waals surface area contributed by atoms with Crippen molar-refractivity contribution in [3.63, 3.8) is 0 Å². The van der Waals surface area contributed by atoms with Crippen LogP contribution in [0.1, 0.15) is 25.5 Å². The van der Waals surface area contributed by atoms with Gasteiger partial charge in [0.05, 0.1) is 16.9 Å². The highest BCUT2D eigenvalue weighted by Crippen LogP contribution is 2.35. The Morgan fingerprint density at radius 2 is 1.93 bits per heavy atom. The van der Waals surface area contributed by atoms with Crippen LogP contribution >= 0.6 is 11.6 Å². The average molecular weight is 411 g/mol. The number of allylic oxidation sites excluding steroid dienone is 1. The number of nitrogens with one attached hydrogen (secondary N) is 1. The van der Waals surface area contributed by atoms with Gasteiger partial charge in [0.1, 0.15) is 23.0 Å². The van der Waals surface area contributed by atoms with Gasteiger partial charge < -0.3 is 9.73 Å². The summed E-state index contributed by atoms with van der Waals surface area (Å²) in [5.74, 6) is 1.20. The van der Waals surface area contributed by atoms with Gasteiger partial charge in [-0.2, -0.15) is 0 Å². The molecule has 1 fully saturated rings. The molecular formula is C22H20ClFN4O. The largest absolute Gasteiger partial charge is 0.454 e. The first-order valence-corrected chi connectivity index (χ1v) is 10.1. The minimum atomic E-state index is -0.453. The van der Waals surface area contributed by atoms with E-state index in [1.807, 2.05) is 24.4 Å². The molecule has 7 heteroatoms. The summed E-state index contributed by atoms with van der Waals surface area (Å²) in [5, 5.41) is 3.46. The van der Waals surface area contributed by atoms with Gasteiger partial charge in [0.25, 0.3) is 0 Å². The maximum absolute atomic E-state index is 13.4. The van der Waals surface area contributed by atoms with Crippen LogP contribution in [0.3, 0.4) is 0 Å². The van der Waals surface area contributed by atoms with E-state index >= 15 is 0 Å². The first-order chi connectivity index (χ1) is 14.0. The van der Waals surface area contributed by atoms with Gasteiger partial charge in [0, 0.05) is 11.5 Å². The third-order valence-corrected chi connectivity index (χ3v) is 6.04. The summed E-state index contributed by atoms with van der Waals surface area (Å²) in [4.78, 5) is 14.3. The second kappa shape index (κ2) is 7.04. The number of rotatable bonds is 3. The molecule has 0 saturated carbocycles. The van der Waals surface area contributed by atoms with E-state index in [1.165, 1.54) is 6.07 Å². The van der Waals surface area contributed by atoms with Gasteiger partial charge in [-0.05, 0) is 69.3 Å². The molecule has 29 heavy (non-hydrogen) atoms. The zero-order valence-corrected chi connectivity index (χ0v) is 16.7. The Morgan fingerprint density at radius 1 is 1.14 bits per heavy atom. The Balaban J connectivity index is 1.43. The van der Waals surface area contributed by atoms with E-state index in [9.17, 15) is 4.39 Å². The highest BCUT2D eigenvalue weighted by atomic mass is 35.5. The summed E-state index contributed by atoms with van der Waals surface area (Å²) < 4.78 is 19.4. The van der Waals surface area contributed by atoms with Crippen molar-refractivity contribution in [1.29, 1.82) is 0 Å². The van der Waals surface area contributed by atoms with Gasteiger partial charge in [-0.25, -0.2) is 9.38 Å². The van der Waals surface area contributed by atoms with Crippen LogP contribution in [-0.2, 0) is 0 Å². The SMILES string of the molecule is CC1(C2CCNCC2)N=CC2=NC(c3ccc(-c4ccc(F)c(Cl)c4)o3)=CC2=N1. The maximum Gasteiger partial charge on any atom is 0.153 e. The zero-order valence-electron chi connectivity index (χ0n) is 16.0. The molecule has 5 nitrogen and oxygen atoms in total. The minimum Gasteiger partial charge on any atom is -0.454 e. The van der Waals surface area contributed by atoms with Crippen LogP contribution < -0.4 is 5.32 Å². The molecule has 1 N–H and O–H groups in total. The summed E-state index contributed by atoms with van der Waals surface area (Å²) in [6.45, 7) is 4.11. The second-order valence-corrected chi connectivity index (χ2v) is 8.10. The Bertz CT molecular complexity index is 1090. The Morgan fingerprint density at radius 3 is 2.72 bits per heavy atom. The number of piperidine rings is 1. The number of benzene rings is 1. The van der Waals surface area contributed by atoms with E-state index in [4.69, 9.17) is 26.0 Å². The molecule has 1 aromatic heterocycles. The third kappa shape index (κ3) is 3.36. The molecule has 0 radical (unpaired) electrons. The second-order valence-electron chi connectivity index (χ2n) is 7.69. The normalized spacial score (nSPS) is 24.2. The lowest BCUT2D eigenvalue weighted by Gasteiger charge is -2.35. The molecule has 1 atom stereocenters. The molecule has 4 heterocycles. The topological polar surface area (TPSA) is 62.2 Å². The Kier molecular flexibility index (Phi) is 4.48. The van der Waals surface area contributed by atoms with Crippen LogP contribution in [-0.4, -0.2) is 36.4 Å². The quantitative estimate of drug-likeness (QED) is 0.791. The number of hydrogen-bond donors (Lipinski definition) is 1. The highest BCUT2D eigenvalue weighted by molar-refractivity contribution is 6.68. The van der Waals surface area contributed by atoms with Gasteiger partial charge in [-0.15, -0.1) is 0 Å². The van der Waals surface area contributed by atoms with E-state index in [1.54, 1.807) is 12.1 Å². The minimum absolute atomic E-state index is 0.0644. The third-order valence-electron chi connectivity index (χ3n) is 5.75. The van der Waals surface area contributed by atoms with Crippen LogP contribution in [0.25, 0.3) is 17.0 Å². The van der Waals surface area contributed by atoms with Crippen molar-refractivity contribution in [2.24, 2.45) is 20.9 Å². The van der Waals surface area contributed by atoms with Crippen molar-refractivity contribution in [3.8, 4) is 11.3 Å². The lowest BCUT2D eigenvalue weighted by Crippen LogP contribution is -2.42. The lowest BCUT2D eigenvalue weighted by molar-refractivity contribution is 0.244. The van der Waals surface area contributed by atoms with Crippen molar-refractivity contribution in [2.45, 2.75) is 25.4 Å². The van der Waals surface area contributed by atoms with Gasteiger partial charge >= 0.3 is 0 Å². The summed E-state index contributed by atoms with van der Waals surface area (Å²) in [6, 6.07) is 8.20. The highest BCUT2D eigenvalue weighted by Gasteiger charge is 2.37. The predicted octanol–water partition coefficient (Wildman–Crippen LogP) is 4.78. The van der Waals surface area contributed by atoms with Gasteiger partial charge in [-0.1, -0.05) is 11.6 Å². The molecule has 1 unspecified atom stereocenters. The van der Waals surface area contributed by atoms with Crippen molar-refractivity contribution in [2.75, 3.05) is 13.1 Å². The van der Waals surface area contributed by atoms with Crippen LogP contribution in [0.15, 0.2) is 55.8 Å². The summed E-state index contributed by atoms with van der Waals surface area (Å²) in [7, 11) is 0. The number of fused-ring (bicyclic) bond motifs is 1. The van der Waals surface area contributed by atoms with Crippen molar-refractivity contribution < 1.29 is 8.81 Å². The lowest BCUT2D eigenvalue weighted by atomic mass is 9.85. The molecular weight excluding hydrogens is 391 g/mol. The maximum atomic E-state index is 13.4. The van der Waals surface area contributed by atoms with Crippen molar-refractivity contribution in [1.82, 2.24) is 5.32 Å². The number of furan rings is 1. The van der Waals surface area contributed by atoms with Crippen LogP contribution in [0.4, 0.5) is 4.39 Å². The van der Waals surface area contributed by atoms with Crippen molar-refractivity contribution >= 4 is 34.9 Å². The molecule has 0 amide bonds. The monoisotopic (exact) mass is 410 g/mol. The fourth-order valence-corrected chi connectivity index (χ4v) is 4.22. The van der Waals surface area contributed by atoms with Crippen molar-refractivity contribution in [3.05, 3.63) is 53.0 Å². The molecule has 3 aliphatic heterocycles. The molecule has 1 saturated heterocycles. The predicted molar refractivity (Wildman–Crippen MR) is 114 cm³/mol. The number of hydrogen-bond acceptors (Lipinski definition) is 5. The van der Waals surface area contributed by atoms with E-state index < -0.39 is 11.5 Å². The van der Waals surface area contributed by atoms with Crippen LogP contribution in [0, 0.1) is 11.7 Å². The average Bonchev–Trinajstić information content (AvgIpc) is 3.37. The summed E-state index contributed by atoms with van der Waals surface area (Å²) >= 11 is 5.89.